The molecule has 6 nitrogen and oxygen atoms in total. The Morgan fingerprint density at radius 3 is 2.82 bits per heavy atom. The van der Waals surface area contributed by atoms with Crippen molar-refractivity contribution in [1.29, 1.82) is 0 Å². The van der Waals surface area contributed by atoms with Gasteiger partial charge in [-0.3, -0.25) is 9.78 Å². The molecule has 1 saturated heterocycles. The Morgan fingerprint density at radius 2 is 2.04 bits per heavy atom. The summed E-state index contributed by atoms with van der Waals surface area (Å²) in [5.41, 5.74) is 1.68. The van der Waals surface area contributed by atoms with Crippen molar-refractivity contribution in [3.8, 4) is 11.4 Å². The molecule has 2 aromatic heterocycles. The molecule has 0 spiro atoms. The Hall–Kier alpha value is -3.02. The third-order valence-electron chi connectivity index (χ3n) is 5.33. The molecule has 1 fully saturated rings. The number of nitrogens with zero attached hydrogens (tertiary/aromatic N) is 4. The van der Waals surface area contributed by atoms with Crippen LogP contribution in [-0.2, 0) is 4.79 Å². The SMILES string of the molecule is CC(Nc1nc(-c2cccnc2)nc2ccccc12)C(=O)N1CCCCC1C. The molecule has 1 aliphatic rings. The molecule has 0 aliphatic carbocycles. The predicted molar refractivity (Wildman–Crippen MR) is 111 cm³/mol. The first-order chi connectivity index (χ1) is 13.6. The van der Waals surface area contributed by atoms with Gasteiger partial charge in [-0.15, -0.1) is 0 Å². The summed E-state index contributed by atoms with van der Waals surface area (Å²) in [6.07, 6.45) is 6.81. The first kappa shape index (κ1) is 18.3. The molecule has 1 aliphatic heterocycles. The van der Waals surface area contributed by atoms with E-state index in [9.17, 15) is 4.79 Å². The molecule has 1 amide bonds. The highest BCUT2D eigenvalue weighted by atomic mass is 16.2. The highest BCUT2D eigenvalue weighted by Crippen LogP contribution is 2.26. The van der Waals surface area contributed by atoms with Crippen LogP contribution in [0.25, 0.3) is 22.3 Å². The van der Waals surface area contributed by atoms with Crippen LogP contribution in [-0.4, -0.2) is 44.4 Å². The van der Waals surface area contributed by atoms with Crippen LogP contribution in [0.4, 0.5) is 5.82 Å². The van der Waals surface area contributed by atoms with E-state index < -0.39 is 0 Å². The number of nitrogens with one attached hydrogen (secondary N) is 1. The van der Waals surface area contributed by atoms with E-state index in [2.05, 4.69) is 22.2 Å². The maximum Gasteiger partial charge on any atom is 0.245 e. The number of anilines is 1. The number of likely N-dealkylation sites (tertiary alicyclic amines) is 1. The molecule has 28 heavy (non-hydrogen) atoms. The number of carbonyl (C=O) groups excluding carboxylic acids is 1. The lowest BCUT2D eigenvalue weighted by molar-refractivity contribution is -0.134. The Kier molecular flexibility index (Phi) is 5.19. The number of rotatable bonds is 4. The molecule has 2 unspecified atom stereocenters. The van der Waals surface area contributed by atoms with Crippen molar-refractivity contribution in [2.45, 2.75) is 45.2 Å². The van der Waals surface area contributed by atoms with Crippen molar-refractivity contribution >= 4 is 22.6 Å². The first-order valence-corrected chi connectivity index (χ1v) is 9.87. The second-order valence-electron chi connectivity index (χ2n) is 7.40. The molecule has 3 aromatic rings. The van der Waals surface area contributed by atoms with Crippen LogP contribution >= 0.6 is 0 Å². The first-order valence-electron chi connectivity index (χ1n) is 9.87. The largest absolute Gasteiger partial charge is 0.358 e. The van der Waals surface area contributed by atoms with Crippen LogP contribution in [0.1, 0.15) is 33.1 Å². The number of para-hydroxylation sites is 1. The summed E-state index contributed by atoms with van der Waals surface area (Å²) in [4.78, 5) is 28.6. The quantitative estimate of drug-likeness (QED) is 0.749. The van der Waals surface area contributed by atoms with Crippen molar-refractivity contribution in [3.05, 3.63) is 48.8 Å². The molecular formula is C22H25N5O. The highest BCUT2D eigenvalue weighted by molar-refractivity contribution is 5.93. The average Bonchev–Trinajstić information content (AvgIpc) is 2.74. The summed E-state index contributed by atoms with van der Waals surface area (Å²) >= 11 is 0. The Morgan fingerprint density at radius 1 is 1.18 bits per heavy atom. The van der Waals surface area contributed by atoms with Crippen molar-refractivity contribution in [2.75, 3.05) is 11.9 Å². The fourth-order valence-corrected chi connectivity index (χ4v) is 3.75. The van der Waals surface area contributed by atoms with Gasteiger partial charge >= 0.3 is 0 Å². The van der Waals surface area contributed by atoms with Crippen LogP contribution in [0.2, 0.25) is 0 Å². The number of aromatic nitrogens is 3. The Balaban J connectivity index is 1.66. The molecule has 0 bridgehead atoms. The van der Waals surface area contributed by atoms with Crippen molar-refractivity contribution in [1.82, 2.24) is 19.9 Å². The number of carbonyl (C=O) groups is 1. The second kappa shape index (κ2) is 7.92. The minimum atomic E-state index is -0.361. The van der Waals surface area contributed by atoms with Crippen molar-refractivity contribution < 1.29 is 4.79 Å². The lowest BCUT2D eigenvalue weighted by atomic mass is 10.0. The van der Waals surface area contributed by atoms with Crippen LogP contribution < -0.4 is 5.32 Å². The fraction of sp³-hybridized carbons (Fsp3) is 0.364. The second-order valence-corrected chi connectivity index (χ2v) is 7.40. The summed E-state index contributed by atoms with van der Waals surface area (Å²) in [7, 11) is 0. The monoisotopic (exact) mass is 375 g/mol. The van der Waals surface area contributed by atoms with Crippen molar-refractivity contribution in [3.63, 3.8) is 0 Å². The van der Waals surface area contributed by atoms with Gasteiger partial charge in [0.25, 0.3) is 0 Å². The summed E-state index contributed by atoms with van der Waals surface area (Å²) < 4.78 is 0. The van der Waals surface area contributed by atoms with E-state index in [0.717, 1.165) is 35.9 Å². The van der Waals surface area contributed by atoms with Gasteiger partial charge in [0, 0.05) is 35.9 Å². The maximum atomic E-state index is 13.0. The number of amides is 1. The molecule has 1 aromatic carbocycles. The number of piperidine rings is 1. The smallest absolute Gasteiger partial charge is 0.245 e. The minimum absolute atomic E-state index is 0.123. The van der Waals surface area contributed by atoms with Gasteiger partial charge in [-0.25, -0.2) is 9.97 Å². The summed E-state index contributed by atoms with van der Waals surface area (Å²) in [5.74, 6) is 1.40. The molecule has 144 valence electrons. The van der Waals surface area contributed by atoms with Gasteiger partial charge in [-0.05, 0) is 57.4 Å². The Labute approximate surface area is 165 Å². The molecule has 1 N–H and O–H groups in total. The number of hydrogen-bond donors (Lipinski definition) is 1. The van der Waals surface area contributed by atoms with Gasteiger partial charge < -0.3 is 10.2 Å². The van der Waals surface area contributed by atoms with Gasteiger partial charge in [0.05, 0.1) is 5.52 Å². The lowest BCUT2D eigenvalue weighted by Gasteiger charge is -2.35. The third-order valence-corrected chi connectivity index (χ3v) is 5.33. The summed E-state index contributed by atoms with van der Waals surface area (Å²) in [6.45, 7) is 4.87. The van der Waals surface area contributed by atoms with Crippen molar-refractivity contribution in [2.24, 2.45) is 0 Å². The molecule has 0 radical (unpaired) electrons. The van der Waals surface area contributed by atoms with Crippen LogP contribution in [0.3, 0.4) is 0 Å². The van der Waals surface area contributed by atoms with E-state index in [1.165, 1.54) is 6.42 Å². The highest BCUT2D eigenvalue weighted by Gasteiger charge is 2.27. The molecule has 2 atom stereocenters. The molecule has 0 saturated carbocycles. The van der Waals surface area contributed by atoms with E-state index in [1.54, 1.807) is 12.4 Å². The van der Waals surface area contributed by atoms with E-state index in [0.29, 0.717) is 17.7 Å². The van der Waals surface area contributed by atoms with E-state index in [1.807, 2.05) is 48.2 Å². The van der Waals surface area contributed by atoms with E-state index >= 15 is 0 Å². The zero-order valence-corrected chi connectivity index (χ0v) is 16.3. The van der Waals surface area contributed by atoms with Gasteiger partial charge in [-0.1, -0.05) is 12.1 Å². The Bertz CT molecular complexity index is 975. The number of fused-ring (bicyclic) bond motifs is 1. The number of pyridine rings is 1. The predicted octanol–water partition coefficient (Wildman–Crippen LogP) is 3.89. The van der Waals surface area contributed by atoms with Gasteiger partial charge in [0.1, 0.15) is 11.9 Å². The average molecular weight is 375 g/mol. The maximum absolute atomic E-state index is 13.0. The minimum Gasteiger partial charge on any atom is -0.358 e. The fourth-order valence-electron chi connectivity index (χ4n) is 3.75. The molecule has 6 heteroatoms. The molecule has 3 heterocycles. The molecule has 4 rings (SSSR count). The van der Waals surface area contributed by atoms with Gasteiger partial charge in [0.15, 0.2) is 5.82 Å². The van der Waals surface area contributed by atoms with Gasteiger partial charge in [0.2, 0.25) is 5.91 Å². The number of hydrogen-bond acceptors (Lipinski definition) is 5. The van der Waals surface area contributed by atoms with E-state index in [4.69, 9.17) is 4.98 Å². The number of benzene rings is 1. The van der Waals surface area contributed by atoms with E-state index in [-0.39, 0.29) is 11.9 Å². The third kappa shape index (κ3) is 3.67. The summed E-state index contributed by atoms with van der Waals surface area (Å²) in [5, 5.41) is 4.25. The zero-order valence-electron chi connectivity index (χ0n) is 16.3. The van der Waals surface area contributed by atoms with Gasteiger partial charge in [-0.2, -0.15) is 0 Å². The van der Waals surface area contributed by atoms with Crippen LogP contribution in [0, 0.1) is 0 Å². The molecular weight excluding hydrogens is 350 g/mol. The van der Waals surface area contributed by atoms with Crippen LogP contribution in [0.15, 0.2) is 48.8 Å². The lowest BCUT2D eigenvalue weighted by Crippen LogP contribution is -2.48. The topological polar surface area (TPSA) is 71.0 Å². The normalized spacial score (nSPS) is 18.1. The zero-order chi connectivity index (χ0) is 19.5. The standard InChI is InChI=1S/C22H25N5O/c1-15-8-5-6-13-27(15)22(28)16(2)24-21-18-10-3-4-11-19(18)25-20(26-21)17-9-7-12-23-14-17/h3-4,7,9-12,14-16H,5-6,8,13H2,1-2H3,(H,24,25,26). The summed E-state index contributed by atoms with van der Waals surface area (Å²) in [6, 6.07) is 11.6. The van der Waals surface area contributed by atoms with Crippen LogP contribution in [0.5, 0.6) is 0 Å².